The fourth-order valence-electron chi connectivity index (χ4n) is 3.98. The number of halogens is 2. The van der Waals surface area contributed by atoms with Crippen LogP contribution in [0, 0.1) is 10.1 Å². The molecule has 1 aliphatic rings. The van der Waals surface area contributed by atoms with E-state index in [9.17, 15) is 19.7 Å². The average molecular weight is 654 g/mol. The van der Waals surface area contributed by atoms with Gasteiger partial charge in [0.2, 0.25) is 0 Å². The van der Waals surface area contributed by atoms with E-state index >= 15 is 0 Å². The van der Waals surface area contributed by atoms with Crippen molar-refractivity contribution in [3.8, 4) is 5.75 Å². The third-order valence-corrected chi connectivity index (χ3v) is 7.96. The van der Waals surface area contributed by atoms with Gasteiger partial charge >= 0.3 is 0 Å². The zero-order valence-electron chi connectivity index (χ0n) is 19.6. The molecule has 4 aromatic carbocycles. The normalized spacial score (nSPS) is 14.5. The molecule has 0 unspecified atom stereocenters. The van der Waals surface area contributed by atoms with E-state index in [1.807, 2.05) is 42.5 Å². The SMILES string of the molecule is O=C1S/C(=C\c2cc(Br)c(OCc3ccc([N+](=O)[O-])cc3)c(Br)c2)C(=O)N1Cc1ccc2ccccc2c1. The van der Waals surface area contributed by atoms with Crippen molar-refractivity contribution in [2.24, 2.45) is 0 Å². The van der Waals surface area contributed by atoms with E-state index in [2.05, 4.69) is 31.9 Å². The molecule has 5 rings (SSSR count). The molecule has 190 valence electrons. The number of benzene rings is 4. The van der Waals surface area contributed by atoms with Crippen LogP contribution in [0.25, 0.3) is 16.8 Å². The van der Waals surface area contributed by atoms with E-state index in [-0.39, 0.29) is 30.0 Å². The summed E-state index contributed by atoms with van der Waals surface area (Å²) in [6.07, 6.45) is 1.68. The summed E-state index contributed by atoms with van der Waals surface area (Å²) in [7, 11) is 0. The van der Waals surface area contributed by atoms with E-state index in [0.29, 0.717) is 25.2 Å². The summed E-state index contributed by atoms with van der Waals surface area (Å²) in [6, 6.07) is 23.6. The van der Waals surface area contributed by atoms with Crippen molar-refractivity contribution < 1.29 is 19.2 Å². The first kappa shape index (κ1) is 26.1. The molecule has 0 N–H and O–H groups in total. The summed E-state index contributed by atoms with van der Waals surface area (Å²) in [4.78, 5) is 37.7. The first-order valence-electron chi connectivity index (χ1n) is 11.4. The van der Waals surface area contributed by atoms with Gasteiger partial charge in [0.05, 0.1) is 25.3 Å². The van der Waals surface area contributed by atoms with Gasteiger partial charge in [0.25, 0.3) is 16.8 Å². The van der Waals surface area contributed by atoms with Crippen molar-refractivity contribution in [2.75, 3.05) is 0 Å². The lowest BCUT2D eigenvalue weighted by Crippen LogP contribution is -2.27. The predicted molar refractivity (Wildman–Crippen MR) is 155 cm³/mol. The number of carbonyl (C=O) groups excluding carboxylic acids is 2. The molecule has 0 atom stereocenters. The lowest BCUT2D eigenvalue weighted by molar-refractivity contribution is -0.384. The lowest BCUT2D eigenvalue weighted by Gasteiger charge is -2.13. The molecule has 10 heteroatoms. The number of nitro benzene ring substituents is 1. The molecule has 0 radical (unpaired) electrons. The number of imide groups is 1. The topological polar surface area (TPSA) is 89.7 Å². The van der Waals surface area contributed by atoms with E-state index in [0.717, 1.165) is 33.7 Å². The zero-order valence-corrected chi connectivity index (χ0v) is 23.6. The molecule has 4 aromatic rings. The fourth-order valence-corrected chi connectivity index (χ4v) is 6.27. The van der Waals surface area contributed by atoms with Crippen LogP contribution in [0.2, 0.25) is 0 Å². The number of thioether (sulfide) groups is 1. The standard InChI is InChI=1S/C28H18Br2N2O5S/c29-23-12-19(13-24(30)26(23)37-16-17-6-9-22(10-7-17)32(35)36)14-25-27(33)31(28(34)38-25)15-18-5-8-20-3-1-2-4-21(20)11-18/h1-14H,15-16H2/b25-14-. The highest BCUT2D eigenvalue weighted by Gasteiger charge is 2.35. The van der Waals surface area contributed by atoms with Crippen LogP contribution in [0.1, 0.15) is 16.7 Å². The molecule has 1 saturated heterocycles. The zero-order chi connectivity index (χ0) is 26.8. The molecule has 0 aromatic heterocycles. The van der Waals surface area contributed by atoms with Crippen molar-refractivity contribution in [1.29, 1.82) is 0 Å². The largest absolute Gasteiger partial charge is 0.487 e. The molecule has 0 aliphatic carbocycles. The van der Waals surface area contributed by atoms with Crippen LogP contribution in [-0.2, 0) is 17.9 Å². The van der Waals surface area contributed by atoms with Crippen molar-refractivity contribution >= 4 is 77.3 Å². The summed E-state index contributed by atoms with van der Waals surface area (Å²) in [6.45, 7) is 0.415. The van der Waals surface area contributed by atoms with Crippen LogP contribution < -0.4 is 4.74 Å². The Bertz CT molecular complexity index is 1600. The van der Waals surface area contributed by atoms with Crippen molar-refractivity contribution in [3.63, 3.8) is 0 Å². The second-order valence-corrected chi connectivity index (χ2v) is 11.2. The molecular formula is C28H18Br2N2O5S. The molecular weight excluding hydrogens is 636 g/mol. The summed E-state index contributed by atoms with van der Waals surface area (Å²) >= 11 is 7.94. The van der Waals surface area contributed by atoms with Crippen LogP contribution >= 0.6 is 43.6 Å². The molecule has 0 bridgehead atoms. The van der Waals surface area contributed by atoms with E-state index < -0.39 is 4.92 Å². The molecule has 0 spiro atoms. The van der Waals surface area contributed by atoms with Gasteiger partial charge in [-0.1, -0.05) is 36.4 Å². The van der Waals surface area contributed by atoms with Crippen LogP contribution in [0.4, 0.5) is 10.5 Å². The Balaban J connectivity index is 1.29. The number of hydrogen-bond acceptors (Lipinski definition) is 6. The van der Waals surface area contributed by atoms with Crippen molar-refractivity contribution in [2.45, 2.75) is 13.2 Å². The van der Waals surface area contributed by atoms with E-state index in [4.69, 9.17) is 4.74 Å². The first-order chi connectivity index (χ1) is 18.3. The smallest absolute Gasteiger partial charge is 0.293 e. The highest BCUT2D eigenvalue weighted by molar-refractivity contribution is 9.11. The minimum atomic E-state index is -0.450. The first-order valence-corrected chi connectivity index (χ1v) is 13.8. The third kappa shape index (κ3) is 5.67. The van der Waals surface area contributed by atoms with Crippen molar-refractivity contribution in [1.82, 2.24) is 4.90 Å². The van der Waals surface area contributed by atoms with E-state index in [1.54, 1.807) is 30.3 Å². The number of nitro groups is 1. The molecule has 1 fully saturated rings. The Labute approximate surface area is 238 Å². The minimum Gasteiger partial charge on any atom is -0.487 e. The molecule has 2 amide bonds. The third-order valence-electron chi connectivity index (χ3n) is 5.88. The molecule has 7 nitrogen and oxygen atoms in total. The molecule has 1 aliphatic heterocycles. The van der Waals surface area contributed by atoms with E-state index in [1.165, 1.54) is 17.0 Å². The average Bonchev–Trinajstić information content (AvgIpc) is 3.15. The monoisotopic (exact) mass is 652 g/mol. The Kier molecular flexibility index (Phi) is 7.64. The van der Waals surface area contributed by atoms with Gasteiger partial charge in [-0.05, 0) is 107 Å². The van der Waals surface area contributed by atoms with Crippen LogP contribution in [0.5, 0.6) is 5.75 Å². The van der Waals surface area contributed by atoms with Gasteiger partial charge in [0.15, 0.2) is 0 Å². The number of ether oxygens (including phenoxy) is 1. The predicted octanol–water partition coefficient (Wildman–Crippen LogP) is 8.09. The summed E-state index contributed by atoms with van der Waals surface area (Å²) in [5.74, 6) is 0.212. The molecule has 1 heterocycles. The van der Waals surface area contributed by atoms with Gasteiger partial charge in [-0.2, -0.15) is 0 Å². The second kappa shape index (κ2) is 11.1. The van der Waals surface area contributed by atoms with Crippen LogP contribution in [0.15, 0.2) is 92.7 Å². The van der Waals surface area contributed by atoms with Gasteiger partial charge < -0.3 is 4.74 Å². The van der Waals surface area contributed by atoms with Gasteiger partial charge in [0, 0.05) is 12.1 Å². The van der Waals surface area contributed by atoms with Gasteiger partial charge in [0.1, 0.15) is 12.4 Å². The Morgan fingerprint density at radius 3 is 2.24 bits per heavy atom. The number of nitrogens with zero attached hydrogens (tertiary/aromatic N) is 2. The number of amides is 2. The maximum Gasteiger partial charge on any atom is 0.293 e. The van der Waals surface area contributed by atoms with Gasteiger partial charge in [-0.3, -0.25) is 24.6 Å². The summed E-state index contributed by atoms with van der Waals surface area (Å²) in [5.41, 5.74) is 2.38. The maximum absolute atomic E-state index is 13.1. The lowest BCUT2D eigenvalue weighted by atomic mass is 10.1. The Morgan fingerprint density at radius 2 is 1.55 bits per heavy atom. The number of non-ortho nitro benzene ring substituents is 1. The van der Waals surface area contributed by atoms with Gasteiger partial charge in [-0.15, -0.1) is 0 Å². The Hall–Kier alpha value is -3.47. The second-order valence-electron chi connectivity index (χ2n) is 8.48. The number of rotatable bonds is 7. The maximum atomic E-state index is 13.1. The van der Waals surface area contributed by atoms with Gasteiger partial charge in [-0.25, -0.2) is 0 Å². The number of hydrogen-bond donors (Lipinski definition) is 0. The number of fused-ring (bicyclic) bond motifs is 1. The quantitative estimate of drug-likeness (QED) is 0.114. The fraction of sp³-hybridized carbons (Fsp3) is 0.0714. The van der Waals surface area contributed by atoms with Crippen molar-refractivity contribution in [3.05, 3.63) is 120 Å². The molecule has 0 saturated carbocycles. The highest BCUT2D eigenvalue weighted by atomic mass is 79.9. The minimum absolute atomic E-state index is 0.0159. The Morgan fingerprint density at radius 1 is 0.895 bits per heavy atom. The molecule has 38 heavy (non-hydrogen) atoms. The summed E-state index contributed by atoms with van der Waals surface area (Å²) in [5, 5.41) is 12.7. The number of carbonyl (C=O) groups is 2. The highest BCUT2D eigenvalue weighted by Crippen LogP contribution is 2.38. The summed E-state index contributed by atoms with van der Waals surface area (Å²) < 4.78 is 7.21. The van der Waals surface area contributed by atoms with Crippen LogP contribution in [-0.4, -0.2) is 21.0 Å². The van der Waals surface area contributed by atoms with Crippen LogP contribution in [0.3, 0.4) is 0 Å².